The second-order valence-electron chi connectivity index (χ2n) is 9.21. The van der Waals surface area contributed by atoms with Gasteiger partial charge in [0.15, 0.2) is 23.3 Å². The number of aromatic nitrogens is 2. The van der Waals surface area contributed by atoms with Gasteiger partial charge in [-0.1, -0.05) is 13.8 Å². The van der Waals surface area contributed by atoms with E-state index in [-0.39, 0.29) is 30.5 Å². The number of halogens is 3. The molecule has 1 fully saturated rings. The van der Waals surface area contributed by atoms with Crippen LogP contribution in [0.3, 0.4) is 0 Å². The second-order valence-corrected chi connectivity index (χ2v) is 9.21. The third kappa shape index (κ3) is 4.30. The van der Waals surface area contributed by atoms with E-state index in [2.05, 4.69) is 15.6 Å². The van der Waals surface area contributed by atoms with Crippen LogP contribution in [0.1, 0.15) is 43.8 Å². The molecule has 2 N–H and O–H groups in total. The zero-order valence-corrected chi connectivity index (χ0v) is 18.7. The fourth-order valence-electron chi connectivity index (χ4n) is 4.66. The summed E-state index contributed by atoms with van der Waals surface area (Å²) in [5.74, 6) is -1.78. The number of likely N-dealkylation sites (N-methyl/N-ethyl adjacent to an activating group) is 1. The van der Waals surface area contributed by atoms with E-state index in [1.807, 2.05) is 32.7 Å². The molecule has 4 rings (SSSR count). The minimum Gasteiger partial charge on any atom is -0.346 e. The van der Waals surface area contributed by atoms with Crippen LogP contribution < -0.4 is 15.5 Å². The number of nitrogens with one attached hydrogen (secondary N) is 2. The molecule has 0 saturated heterocycles. The van der Waals surface area contributed by atoms with Crippen molar-refractivity contribution in [2.75, 3.05) is 17.3 Å². The number of benzene rings is 1. The van der Waals surface area contributed by atoms with E-state index in [1.54, 1.807) is 0 Å². The Balaban J connectivity index is 1.36. The first-order chi connectivity index (χ1) is 15.1. The molecule has 6 nitrogen and oxygen atoms in total. The molecule has 1 amide bonds. The van der Waals surface area contributed by atoms with Gasteiger partial charge in [0.25, 0.3) is 0 Å². The average Bonchev–Trinajstić information content (AvgIpc) is 2.68. The summed E-state index contributed by atoms with van der Waals surface area (Å²) in [6.45, 7) is 6.18. The molecule has 2 aromatic rings. The molecule has 0 spiro atoms. The van der Waals surface area contributed by atoms with E-state index < -0.39 is 17.5 Å². The molecule has 2 aliphatic rings. The molecular weight excluding hydrogens is 419 g/mol. The van der Waals surface area contributed by atoms with E-state index in [4.69, 9.17) is 4.98 Å². The maximum atomic E-state index is 13.4. The summed E-state index contributed by atoms with van der Waals surface area (Å²) < 4.78 is 39.8. The lowest BCUT2D eigenvalue weighted by Gasteiger charge is -2.38. The molecule has 1 aromatic heterocycles. The van der Waals surface area contributed by atoms with Crippen LogP contribution in [-0.4, -0.2) is 35.0 Å². The van der Waals surface area contributed by atoms with Gasteiger partial charge in [0.1, 0.15) is 17.6 Å². The van der Waals surface area contributed by atoms with Crippen molar-refractivity contribution in [2.24, 2.45) is 11.8 Å². The van der Waals surface area contributed by atoms with E-state index >= 15 is 0 Å². The number of fused-ring (bicyclic) bond motifs is 1. The molecule has 1 aliphatic carbocycles. The molecular formula is C23H28F3N5O. The summed E-state index contributed by atoms with van der Waals surface area (Å²) in [5, 5.41) is 6.22. The van der Waals surface area contributed by atoms with Gasteiger partial charge in [-0.05, 0) is 49.3 Å². The van der Waals surface area contributed by atoms with Crippen LogP contribution in [0.2, 0.25) is 0 Å². The Morgan fingerprint density at radius 3 is 2.47 bits per heavy atom. The third-order valence-corrected chi connectivity index (χ3v) is 6.36. The Bertz CT molecular complexity index is 1020. The minimum atomic E-state index is -1.44. The number of hydrogen-bond acceptors (Lipinski definition) is 5. The molecule has 9 heteroatoms. The van der Waals surface area contributed by atoms with Gasteiger partial charge >= 0.3 is 0 Å². The number of rotatable bonds is 6. The van der Waals surface area contributed by atoms with Crippen molar-refractivity contribution in [1.29, 1.82) is 0 Å². The van der Waals surface area contributed by atoms with Crippen molar-refractivity contribution in [2.45, 2.75) is 58.7 Å². The van der Waals surface area contributed by atoms with Crippen LogP contribution in [0.4, 0.5) is 24.7 Å². The quantitative estimate of drug-likeness (QED) is 0.661. The summed E-state index contributed by atoms with van der Waals surface area (Å²) in [5.41, 5.74) is 1.80. The Morgan fingerprint density at radius 1 is 1.19 bits per heavy atom. The topological polar surface area (TPSA) is 70.1 Å². The number of carbonyl (C=O) groups is 1. The summed E-state index contributed by atoms with van der Waals surface area (Å²) in [7, 11) is 1.89. The third-order valence-electron chi connectivity index (χ3n) is 6.36. The maximum Gasteiger partial charge on any atom is 0.247 e. The van der Waals surface area contributed by atoms with Gasteiger partial charge in [-0.15, -0.1) is 0 Å². The fraction of sp³-hybridized carbons (Fsp3) is 0.522. The van der Waals surface area contributed by atoms with Crippen molar-refractivity contribution < 1.29 is 18.0 Å². The molecule has 2 heterocycles. The summed E-state index contributed by atoms with van der Waals surface area (Å²) in [6, 6.07) is 1.99. The van der Waals surface area contributed by atoms with Gasteiger partial charge in [0.2, 0.25) is 5.91 Å². The van der Waals surface area contributed by atoms with Crippen LogP contribution in [0.25, 0.3) is 0 Å². The molecule has 1 aliphatic heterocycles. The van der Waals surface area contributed by atoms with Crippen molar-refractivity contribution in [3.8, 4) is 0 Å². The minimum absolute atomic E-state index is 0.0386. The number of amides is 1. The zero-order chi connectivity index (χ0) is 23.2. The smallest absolute Gasteiger partial charge is 0.247 e. The first-order valence-corrected chi connectivity index (χ1v) is 10.9. The lowest BCUT2D eigenvalue weighted by atomic mass is 9.78. The number of carbonyl (C=O) groups excluding carboxylic acids is 1. The van der Waals surface area contributed by atoms with Gasteiger partial charge in [0, 0.05) is 26.1 Å². The maximum absolute atomic E-state index is 13.4. The van der Waals surface area contributed by atoms with Crippen LogP contribution in [0.5, 0.6) is 0 Å². The predicted molar refractivity (Wildman–Crippen MR) is 116 cm³/mol. The van der Waals surface area contributed by atoms with E-state index in [9.17, 15) is 18.0 Å². The van der Waals surface area contributed by atoms with Crippen LogP contribution >= 0.6 is 0 Å². The Hall–Kier alpha value is -2.68. The first kappa shape index (κ1) is 22.5. The Labute approximate surface area is 185 Å². The van der Waals surface area contributed by atoms with Crippen LogP contribution in [-0.2, 0) is 17.8 Å². The van der Waals surface area contributed by atoms with E-state index in [0.29, 0.717) is 17.2 Å². The Kier molecular flexibility index (Phi) is 6.11. The number of hydrogen-bond donors (Lipinski definition) is 2. The predicted octanol–water partition coefficient (Wildman–Crippen LogP) is 3.73. The van der Waals surface area contributed by atoms with Gasteiger partial charge in [-0.25, -0.2) is 23.1 Å². The Morgan fingerprint density at radius 2 is 1.84 bits per heavy atom. The highest BCUT2D eigenvalue weighted by molar-refractivity contribution is 6.03. The monoisotopic (exact) mass is 447 g/mol. The largest absolute Gasteiger partial charge is 0.346 e. The lowest BCUT2D eigenvalue weighted by molar-refractivity contribution is -0.118. The molecule has 1 atom stereocenters. The highest BCUT2D eigenvalue weighted by atomic mass is 19.2. The average molecular weight is 448 g/mol. The van der Waals surface area contributed by atoms with Crippen LogP contribution in [0.15, 0.2) is 12.1 Å². The molecule has 1 saturated carbocycles. The van der Waals surface area contributed by atoms with E-state index in [0.717, 1.165) is 48.7 Å². The van der Waals surface area contributed by atoms with Gasteiger partial charge in [-0.3, -0.25) is 4.79 Å². The van der Waals surface area contributed by atoms with Crippen molar-refractivity contribution in [3.63, 3.8) is 0 Å². The van der Waals surface area contributed by atoms with Crippen molar-refractivity contribution in [1.82, 2.24) is 15.3 Å². The normalized spacial score (nSPS) is 22.6. The molecule has 1 aromatic carbocycles. The fourth-order valence-corrected chi connectivity index (χ4v) is 4.66. The highest BCUT2D eigenvalue weighted by Gasteiger charge is 2.36. The first-order valence-electron chi connectivity index (χ1n) is 10.9. The van der Waals surface area contributed by atoms with Gasteiger partial charge in [0.05, 0.1) is 5.69 Å². The molecule has 0 bridgehead atoms. The molecule has 0 unspecified atom stereocenters. The lowest BCUT2D eigenvalue weighted by Crippen LogP contribution is -2.50. The number of nitrogens with zero attached hydrogens (tertiary/aromatic N) is 3. The summed E-state index contributed by atoms with van der Waals surface area (Å²) >= 11 is 0. The number of anilines is 2. The number of aryl methyl sites for hydroxylation is 1. The zero-order valence-electron chi connectivity index (χ0n) is 18.7. The van der Waals surface area contributed by atoms with Gasteiger partial charge < -0.3 is 15.5 Å². The molecule has 32 heavy (non-hydrogen) atoms. The standard InChI is InChI=1S/C23H28F3N5O/c1-11(2)21-23(32)30-20-12(3)28-18(29-22(20)31(21)4)9-13-5-15(6-13)27-10-14-7-16(24)19(26)17(25)8-14/h7-8,11,13,15,21,27H,5-6,9-10H2,1-4H3,(H,30,32)/t13?,15?,21-/m0/s1. The van der Waals surface area contributed by atoms with Gasteiger partial charge in [-0.2, -0.15) is 0 Å². The van der Waals surface area contributed by atoms with Crippen molar-refractivity contribution in [3.05, 3.63) is 46.7 Å². The van der Waals surface area contributed by atoms with Crippen LogP contribution in [0, 0.1) is 36.2 Å². The van der Waals surface area contributed by atoms with Crippen molar-refractivity contribution >= 4 is 17.4 Å². The second kappa shape index (κ2) is 8.69. The van der Waals surface area contributed by atoms with E-state index in [1.165, 1.54) is 0 Å². The molecule has 172 valence electrons. The summed E-state index contributed by atoms with van der Waals surface area (Å²) in [6.07, 6.45) is 2.51. The SMILES string of the molecule is Cc1nc(CC2CC(NCc3cc(F)c(F)c(F)c3)C2)nc2c1NC(=O)[C@H](C(C)C)N2C. The summed E-state index contributed by atoms with van der Waals surface area (Å²) in [4.78, 5) is 23.7. The molecule has 0 radical (unpaired) electrons. The highest BCUT2D eigenvalue weighted by Crippen LogP contribution is 2.35.